The number of aryl methyl sites for hydroxylation is 1. The molecule has 6 nitrogen and oxygen atoms in total. The van der Waals surface area contributed by atoms with Gasteiger partial charge in [-0.25, -0.2) is 15.0 Å². The van der Waals surface area contributed by atoms with E-state index in [9.17, 15) is 0 Å². The van der Waals surface area contributed by atoms with Gasteiger partial charge in [-0.1, -0.05) is 0 Å². The Morgan fingerprint density at radius 1 is 1.19 bits per heavy atom. The minimum Gasteiger partial charge on any atom is -0.383 e. The topological polar surface area (TPSA) is 95.1 Å². The lowest BCUT2D eigenvalue weighted by Crippen LogP contribution is -2.02. The van der Waals surface area contributed by atoms with Crippen molar-refractivity contribution in [1.29, 1.82) is 0 Å². The first kappa shape index (κ1) is 8.90. The Kier molecular flexibility index (Phi) is 1.57. The minimum absolute atomic E-state index is 0.441. The van der Waals surface area contributed by atoms with Gasteiger partial charge in [0.15, 0.2) is 5.65 Å². The van der Waals surface area contributed by atoms with Gasteiger partial charge >= 0.3 is 0 Å². The molecular weight excluding hydrogens is 204 g/mol. The molecule has 0 radical (unpaired) electrons. The van der Waals surface area contributed by atoms with Crippen molar-refractivity contribution in [3.8, 4) is 0 Å². The molecule has 0 aliphatic carbocycles. The number of anilines is 2. The van der Waals surface area contributed by atoms with Crippen LogP contribution in [0.25, 0.3) is 16.7 Å². The number of rotatable bonds is 0. The Morgan fingerprint density at radius 3 is 2.81 bits per heavy atom. The fraction of sp³-hybridized carbons (Fsp3) is 0.100. The van der Waals surface area contributed by atoms with Gasteiger partial charge in [0.05, 0.1) is 6.20 Å². The highest BCUT2D eigenvalue weighted by atomic mass is 15.1. The summed E-state index contributed by atoms with van der Waals surface area (Å²) in [6.07, 6.45) is 3.30. The molecule has 0 atom stereocenters. The van der Waals surface area contributed by atoms with Gasteiger partial charge in [-0.15, -0.1) is 0 Å². The van der Waals surface area contributed by atoms with E-state index in [0.717, 1.165) is 16.6 Å². The molecule has 6 heteroatoms. The standard InChI is InChI=1S/C10H10N6/c1-5-2-6-10(15-8(5)11)16-4-13-3-7(16)9(12)14-6/h2-4H,1H3,(H2,11,15)(H2,12,14). The third-order valence-electron chi connectivity index (χ3n) is 2.58. The van der Waals surface area contributed by atoms with Crippen molar-refractivity contribution in [2.24, 2.45) is 0 Å². The Hall–Kier alpha value is -2.37. The van der Waals surface area contributed by atoms with Crippen molar-refractivity contribution in [1.82, 2.24) is 19.4 Å². The molecule has 0 aromatic carbocycles. The van der Waals surface area contributed by atoms with Crippen LogP contribution < -0.4 is 11.5 Å². The highest BCUT2D eigenvalue weighted by Gasteiger charge is 2.08. The van der Waals surface area contributed by atoms with Gasteiger partial charge in [0.2, 0.25) is 0 Å². The molecule has 0 saturated carbocycles. The monoisotopic (exact) mass is 214 g/mol. The molecule has 4 N–H and O–H groups in total. The van der Waals surface area contributed by atoms with E-state index in [1.165, 1.54) is 0 Å². The van der Waals surface area contributed by atoms with Gasteiger partial charge in [-0.3, -0.25) is 4.40 Å². The first-order valence-corrected chi connectivity index (χ1v) is 4.81. The van der Waals surface area contributed by atoms with E-state index in [1.807, 2.05) is 13.0 Å². The second-order valence-electron chi connectivity index (χ2n) is 3.68. The van der Waals surface area contributed by atoms with Gasteiger partial charge in [0.25, 0.3) is 0 Å². The van der Waals surface area contributed by atoms with Crippen molar-refractivity contribution < 1.29 is 0 Å². The summed E-state index contributed by atoms with van der Waals surface area (Å²) in [5.74, 6) is 0.935. The van der Waals surface area contributed by atoms with Crippen LogP contribution >= 0.6 is 0 Å². The van der Waals surface area contributed by atoms with Crippen LogP contribution in [0.4, 0.5) is 11.6 Å². The maximum atomic E-state index is 5.82. The van der Waals surface area contributed by atoms with Gasteiger partial charge in [-0.2, -0.15) is 0 Å². The summed E-state index contributed by atoms with van der Waals surface area (Å²) in [5.41, 5.74) is 14.6. The van der Waals surface area contributed by atoms with Crippen molar-refractivity contribution in [3.63, 3.8) is 0 Å². The Labute approximate surface area is 90.9 Å². The van der Waals surface area contributed by atoms with Crippen molar-refractivity contribution in [2.75, 3.05) is 11.5 Å². The number of nitrogens with two attached hydrogens (primary N) is 2. The third-order valence-corrected chi connectivity index (χ3v) is 2.58. The predicted molar refractivity (Wildman–Crippen MR) is 61.8 cm³/mol. The zero-order valence-electron chi connectivity index (χ0n) is 8.68. The molecule has 3 rings (SSSR count). The maximum absolute atomic E-state index is 5.82. The molecular formula is C10H10N6. The molecule has 0 unspecified atom stereocenters. The summed E-state index contributed by atoms with van der Waals surface area (Å²) in [5, 5.41) is 0. The van der Waals surface area contributed by atoms with E-state index in [1.54, 1.807) is 16.9 Å². The summed E-state index contributed by atoms with van der Waals surface area (Å²) in [7, 11) is 0. The van der Waals surface area contributed by atoms with E-state index < -0.39 is 0 Å². The molecule has 0 spiro atoms. The van der Waals surface area contributed by atoms with E-state index in [4.69, 9.17) is 11.5 Å². The largest absolute Gasteiger partial charge is 0.383 e. The quantitative estimate of drug-likeness (QED) is 0.575. The second-order valence-corrected chi connectivity index (χ2v) is 3.68. The Balaban J connectivity index is 2.59. The predicted octanol–water partition coefficient (Wildman–Crippen LogP) is 0.750. The molecule has 80 valence electrons. The summed E-state index contributed by atoms with van der Waals surface area (Å²) in [6.45, 7) is 1.89. The maximum Gasteiger partial charge on any atom is 0.166 e. The van der Waals surface area contributed by atoms with E-state index in [0.29, 0.717) is 17.3 Å². The zero-order chi connectivity index (χ0) is 11.3. The lowest BCUT2D eigenvalue weighted by atomic mass is 10.2. The average Bonchev–Trinajstić information content (AvgIpc) is 2.71. The number of imidazole rings is 1. The first-order chi connectivity index (χ1) is 7.66. The molecule has 0 amide bonds. The van der Waals surface area contributed by atoms with Gasteiger partial charge in [-0.05, 0) is 18.6 Å². The Bertz CT molecular complexity index is 699. The van der Waals surface area contributed by atoms with Crippen LogP contribution in [-0.2, 0) is 0 Å². The van der Waals surface area contributed by atoms with Crippen LogP contribution in [0, 0.1) is 6.92 Å². The van der Waals surface area contributed by atoms with Gasteiger partial charge in [0.1, 0.15) is 29.0 Å². The fourth-order valence-corrected chi connectivity index (χ4v) is 1.70. The van der Waals surface area contributed by atoms with Crippen LogP contribution in [0.2, 0.25) is 0 Å². The molecule has 3 aromatic heterocycles. The molecule has 16 heavy (non-hydrogen) atoms. The van der Waals surface area contributed by atoms with Crippen molar-refractivity contribution in [3.05, 3.63) is 24.2 Å². The van der Waals surface area contributed by atoms with Crippen LogP contribution in [0.5, 0.6) is 0 Å². The number of pyridine rings is 1. The molecule has 0 bridgehead atoms. The van der Waals surface area contributed by atoms with E-state index in [2.05, 4.69) is 15.0 Å². The number of fused-ring (bicyclic) bond motifs is 3. The number of hydrogen-bond acceptors (Lipinski definition) is 5. The molecule has 3 aromatic rings. The van der Waals surface area contributed by atoms with Gasteiger partial charge < -0.3 is 11.5 Å². The highest BCUT2D eigenvalue weighted by molar-refractivity contribution is 5.82. The molecule has 0 aliphatic heterocycles. The van der Waals surface area contributed by atoms with Crippen molar-refractivity contribution >= 4 is 28.3 Å². The lowest BCUT2D eigenvalue weighted by Gasteiger charge is -2.06. The minimum atomic E-state index is 0.441. The highest BCUT2D eigenvalue weighted by Crippen LogP contribution is 2.20. The van der Waals surface area contributed by atoms with E-state index >= 15 is 0 Å². The summed E-state index contributed by atoms with van der Waals surface area (Å²) >= 11 is 0. The fourth-order valence-electron chi connectivity index (χ4n) is 1.70. The number of nitrogen functional groups attached to an aromatic ring is 2. The first-order valence-electron chi connectivity index (χ1n) is 4.81. The summed E-state index contributed by atoms with van der Waals surface area (Å²) in [4.78, 5) is 12.6. The zero-order valence-corrected chi connectivity index (χ0v) is 8.68. The SMILES string of the molecule is Cc1cc2nc(N)c3cncn3c2nc1N. The summed E-state index contributed by atoms with van der Waals surface area (Å²) in [6, 6.07) is 1.87. The smallest absolute Gasteiger partial charge is 0.166 e. The van der Waals surface area contributed by atoms with Crippen LogP contribution in [0.15, 0.2) is 18.6 Å². The number of nitrogens with zero attached hydrogens (tertiary/aromatic N) is 4. The van der Waals surface area contributed by atoms with Crippen LogP contribution in [0.3, 0.4) is 0 Å². The number of aromatic nitrogens is 4. The Morgan fingerprint density at radius 2 is 2.00 bits per heavy atom. The third kappa shape index (κ3) is 1.04. The van der Waals surface area contributed by atoms with E-state index in [-0.39, 0.29) is 0 Å². The second kappa shape index (κ2) is 2.82. The molecule has 0 fully saturated rings. The van der Waals surface area contributed by atoms with Crippen LogP contribution in [0.1, 0.15) is 5.56 Å². The number of hydrogen-bond donors (Lipinski definition) is 2. The van der Waals surface area contributed by atoms with Gasteiger partial charge in [0, 0.05) is 0 Å². The molecule has 3 heterocycles. The van der Waals surface area contributed by atoms with Crippen LogP contribution in [-0.4, -0.2) is 19.4 Å². The molecule has 0 aliphatic rings. The lowest BCUT2D eigenvalue weighted by molar-refractivity contribution is 1.14. The summed E-state index contributed by atoms with van der Waals surface area (Å²) < 4.78 is 1.79. The van der Waals surface area contributed by atoms with Crippen molar-refractivity contribution in [2.45, 2.75) is 6.92 Å². The average molecular weight is 214 g/mol. The normalized spacial score (nSPS) is 11.3. The molecule has 0 saturated heterocycles.